The van der Waals surface area contributed by atoms with Gasteiger partial charge in [0, 0.05) is 18.9 Å². The molecule has 0 amide bonds. The molecule has 1 saturated heterocycles. The summed E-state index contributed by atoms with van der Waals surface area (Å²) in [6.45, 7) is 8.76. The van der Waals surface area contributed by atoms with E-state index in [1.807, 2.05) is 6.92 Å². The summed E-state index contributed by atoms with van der Waals surface area (Å²) in [5.41, 5.74) is -1.65. The van der Waals surface area contributed by atoms with Gasteiger partial charge in [-0.05, 0) is 62.2 Å². The number of aldehydes is 1. The Labute approximate surface area is 197 Å². The van der Waals surface area contributed by atoms with Crippen molar-refractivity contribution in [3.63, 3.8) is 0 Å². The van der Waals surface area contributed by atoms with Crippen molar-refractivity contribution < 1.29 is 28.9 Å². The van der Waals surface area contributed by atoms with Crippen molar-refractivity contribution in [3.8, 4) is 0 Å². The number of rotatable bonds is 7. The maximum absolute atomic E-state index is 13.4. The molecule has 0 aromatic carbocycles. The van der Waals surface area contributed by atoms with Gasteiger partial charge in [-0.3, -0.25) is 4.79 Å². The summed E-state index contributed by atoms with van der Waals surface area (Å²) in [6.07, 6.45) is 8.01. The minimum Gasteiger partial charge on any atom is -0.481 e. The number of carboxylic acids is 1. The third-order valence-corrected chi connectivity index (χ3v) is 10.5. The van der Waals surface area contributed by atoms with Crippen LogP contribution in [0, 0.1) is 45.8 Å². The third-order valence-electron chi connectivity index (χ3n) is 10.5. The van der Waals surface area contributed by atoms with Crippen LogP contribution in [0.4, 0.5) is 0 Å². The highest BCUT2D eigenvalue weighted by Gasteiger charge is 2.84. The normalized spacial score (nSPS) is 50.4. The van der Waals surface area contributed by atoms with Crippen molar-refractivity contribution in [1.82, 2.24) is 0 Å². The standard InChI is InChI=1S/C27H40O6/c1-15(2)21-10-18-11-25(13-28)20-7-6-16(3)19(20)12-26(18,27(21,25)24(29)30)14-32-23-9-8-22(31-5)17(4)33-23/h10,13,15-20,22-23H,6-9,11-12,14H2,1-5H3,(H,29,30)/t16?,17-,18?,19?,20?,22+,23-,25?,26?,27?/m1/s1. The number of ether oxygens (including phenoxy) is 3. The molecule has 184 valence electrons. The van der Waals surface area contributed by atoms with Gasteiger partial charge in [0.15, 0.2) is 6.29 Å². The molecule has 7 unspecified atom stereocenters. The first-order valence-corrected chi connectivity index (χ1v) is 12.9. The lowest BCUT2D eigenvalue weighted by molar-refractivity contribution is -0.245. The summed E-state index contributed by atoms with van der Waals surface area (Å²) in [5, 5.41) is 11.0. The summed E-state index contributed by atoms with van der Waals surface area (Å²) in [4.78, 5) is 26.5. The predicted molar refractivity (Wildman–Crippen MR) is 122 cm³/mol. The number of carbonyl (C=O) groups excluding carboxylic acids is 1. The zero-order chi connectivity index (χ0) is 23.8. The topological polar surface area (TPSA) is 82.1 Å². The Hall–Kier alpha value is -1.24. The van der Waals surface area contributed by atoms with Crippen molar-refractivity contribution in [2.45, 2.75) is 84.7 Å². The van der Waals surface area contributed by atoms with Gasteiger partial charge in [0.2, 0.25) is 0 Å². The number of aliphatic carboxylic acids is 1. The lowest BCUT2D eigenvalue weighted by atomic mass is 9.43. The lowest BCUT2D eigenvalue weighted by Gasteiger charge is -2.58. The van der Waals surface area contributed by atoms with Gasteiger partial charge in [0.05, 0.1) is 24.2 Å². The van der Waals surface area contributed by atoms with Gasteiger partial charge < -0.3 is 24.1 Å². The van der Waals surface area contributed by atoms with Crippen LogP contribution in [-0.2, 0) is 23.8 Å². The molecule has 1 N–H and O–H groups in total. The first kappa shape index (κ1) is 23.5. The molecule has 0 spiro atoms. The van der Waals surface area contributed by atoms with Crippen molar-refractivity contribution in [3.05, 3.63) is 11.6 Å². The largest absolute Gasteiger partial charge is 0.481 e. The van der Waals surface area contributed by atoms with Crippen molar-refractivity contribution in [2.24, 2.45) is 45.8 Å². The van der Waals surface area contributed by atoms with Crippen LogP contribution in [0.3, 0.4) is 0 Å². The van der Waals surface area contributed by atoms with Gasteiger partial charge in [0.1, 0.15) is 11.7 Å². The van der Waals surface area contributed by atoms with E-state index in [0.29, 0.717) is 24.9 Å². The molecule has 4 bridgehead atoms. The van der Waals surface area contributed by atoms with Gasteiger partial charge in [-0.2, -0.15) is 0 Å². The van der Waals surface area contributed by atoms with E-state index in [2.05, 4.69) is 26.8 Å². The van der Waals surface area contributed by atoms with E-state index >= 15 is 0 Å². The predicted octanol–water partition coefficient (Wildman–Crippen LogP) is 4.47. The Morgan fingerprint density at radius 1 is 1.24 bits per heavy atom. The van der Waals surface area contributed by atoms with Crippen LogP contribution in [0.5, 0.6) is 0 Å². The molecule has 0 aromatic heterocycles. The van der Waals surface area contributed by atoms with Gasteiger partial charge in [-0.15, -0.1) is 0 Å². The van der Waals surface area contributed by atoms with E-state index in [1.165, 1.54) is 0 Å². The summed E-state index contributed by atoms with van der Waals surface area (Å²) >= 11 is 0. The van der Waals surface area contributed by atoms with Crippen LogP contribution < -0.4 is 0 Å². The van der Waals surface area contributed by atoms with Crippen LogP contribution in [0.25, 0.3) is 0 Å². The van der Waals surface area contributed by atoms with E-state index in [4.69, 9.17) is 14.2 Å². The molecular weight excluding hydrogens is 420 g/mol. The van der Waals surface area contributed by atoms with E-state index in [0.717, 1.165) is 44.0 Å². The highest BCUT2D eigenvalue weighted by molar-refractivity contribution is 5.90. The van der Waals surface area contributed by atoms with Gasteiger partial charge in [-0.25, -0.2) is 0 Å². The quantitative estimate of drug-likeness (QED) is 0.446. The van der Waals surface area contributed by atoms with Crippen LogP contribution in [0.15, 0.2) is 11.6 Å². The molecule has 1 heterocycles. The number of allylic oxidation sites excluding steroid dienone is 1. The van der Waals surface area contributed by atoms with E-state index in [1.54, 1.807) is 7.11 Å². The fourth-order valence-corrected chi connectivity index (χ4v) is 9.24. The zero-order valence-electron chi connectivity index (χ0n) is 20.7. The number of methoxy groups -OCH3 is 1. The van der Waals surface area contributed by atoms with Gasteiger partial charge >= 0.3 is 5.97 Å². The molecule has 4 aliphatic carbocycles. The van der Waals surface area contributed by atoms with E-state index in [-0.39, 0.29) is 36.3 Å². The van der Waals surface area contributed by atoms with E-state index in [9.17, 15) is 14.7 Å². The molecule has 5 rings (SSSR count). The second-order valence-electron chi connectivity index (χ2n) is 11.9. The molecule has 0 aromatic rings. The molecule has 5 aliphatic rings. The number of carboxylic acid groups (broad SMARTS) is 1. The number of hydrogen-bond acceptors (Lipinski definition) is 5. The molecule has 6 heteroatoms. The fraction of sp³-hybridized carbons (Fsp3) is 0.852. The molecular formula is C27H40O6. The van der Waals surface area contributed by atoms with Crippen molar-refractivity contribution >= 4 is 12.3 Å². The number of carbonyl (C=O) groups is 2. The highest BCUT2D eigenvalue weighted by Crippen LogP contribution is 2.82. The number of fused-ring (bicyclic) bond motifs is 2. The van der Waals surface area contributed by atoms with Crippen molar-refractivity contribution in [2.75, 3.05) is 13.7 Å². The molecule has 3 saturated carbocycles. The van der Waals surface area contributed by atoms with Crippen LogP contribution in [0.1, 0.15) is 66.2 Å². The van der Waals surface area contributed by atoms with Crippen LogP contribution in [0.2, 0.25) is 0 Å². The molecule has 33 heavy (non-hydrogen) atoms. The molecule has 0 radical (unpaired) electrons. The summed E-state index contributed by atoms with van der Waals surface area (Å²) in [6, 6.07) is 0. The minimum absolute atomic E-state index is 0.0572. The Balaban J connectivity index is 1.55. The fourth-order valence-electron chi connectivity index (χ4n) is 9.24. The summed E-state index contributed by atoms with van der Waals surface area (Å²) in [5.74, 6) is 0.341. The Bertz CT molecular complexity index is 852. The van der Waals surface area contributed by atoms with Crippen molar-refractivity contribution in [1.29, 1.82) is 0 Å². The lowest BCUT2D eigenvalue weighted by Crippen LogP contribution is -2.63. The Morgan fingerprint density at radius 2 is 2.00 bits per heavy atom. The monoisotopic (exact) mass is 460 g/mol. The SMILES string of the molecule is CO[C@H]1CC[C@H](OCC23CC4C(C)CCC4C4(C=O)CC2C=C(C(C)C)C43C(=O)O)O[C@@H]1C. The smallest absolute Gasteiger partial charge is 0.315 e. The first-order chi connectivity index (χ1) is 15.7. The highest BCUT2D eigenvalue weighted by atomic mass is 16.7. The second kappa shape index (κ2) is 7.89. The summed E-state index contributed by atoms with van der Waals surface area (Å²) < 4.78 is 18.1. The third kappa shape index (κ3) is 2.77. The van der Waals surface area contributed by atoms with Gasteiger partial charge in [-0.1, -0.05) is 38.8 Å². The average molecular weight is 461 g/mol. The molecule has 1 aliphatic heterocycles. The minimum atomic E-state index is -1.18. The maximum Gasteiger partial charge on any atom is 0.315 e. The average Bonchev–Trinajstić information content (AvgIpc) is 3.35. The number of hydrogen-bond donors (Lipinski definition) is 1. The Kier molecular flexibility index (Phi) is 5.62. The van der Waals surface area contributed by atoms with Gasteiger partial charge in [0.25, 0.3) is 0 Å². The van der Waals surface area contributed by atoms with Crippen LogP contribution >= 0.6 is 0 Å². The van der Waals surface area contributed by atoms with E-state index < -0.39 is 22.2 Å². The molecule has 4 fully saturated rings. The summed E-state index contributed by atoms with van der Waals surface area (Å²) in [7, 11) is 1.71. The first-order valence-electron chi connectivity index (χ1n) is 12.9. The maximum atomic E-state index is 13.4. The second-order valence-corrected chi connectivity index (χ2v) is 11.9. The molecule has 6 nitrogen and oxygen atoms in total. The van der Waals surface area contributed by atoms with Crippen LogP contribution in [-0.4, -0.2) is 49.6 Å². The zero-order valence-corrected chi connectivity index (χ0v) is 20.7. The Morgan fingerprint density at radius 3 is 2.61 bits per heavy atom. The molecule has 10 atom stereocenters.